The molecule has 1 amide bonds. The van der Waals surface area contributed by atoms with Crippen LogP contribution >= 0.6 is 11.6 Å². The van der Waals surface area contributed by atoms with Gasteiger partial charge in [0.2, 0.25) is 0 Å². The Morgan fingerprint density at radius 2 is 2.15 bits per heavy atom. The number of carbonyl (C=O) groups excluding carboxylic acids is 1. The van der Waals surface area contributed by atoms with Crippen LogP contribution in [0.5, 0.6) is 0 Å². The fourth-order valence-corrected chi connectivity index (χ4v) is 3.05. The highest BCUT2D eigenvalue weighted by molar-refractivity contribution is 6.29. The van der Waals surface area contributed by atoms with Crippen LogP contribution in [0.15, 0.2) is 29.4 Å². The molecule has 1 N–H and O–H groups in total. The number of amides is 1. The summed E-state index contributed by atoms with van der Waals surface area (Å²) < 4.78 is 5.25. The van der Waals surface area contributed by atoms with E-state index in [1.807, 2.05) is 12.1 Å². The van der Waals surface area contributed by atoms with Gasteiger partial charge in [-0.05, 0) is 63.3 Å². The van der Waals surface area contributed by atoms with Gasteiger partial charge in [-0.3, -0.25) is 5.32 Å². The van der Waals surface area contributed by atoms with Crippen LogP contribution in [-0.4, -0.2) is 22.5 Å². The molecule has 0 aromatic carbocycles. The minimum absolute atomic E-state index is 0.191. The first-order chi connectivity index (χ1) is 12.2. The van der Waals surface area contributed by atoms with E-state index in [-0.39, 0.29) is 6.42 Å². The van der Waals surface area contributed by atoms with E-state index in [4.69, 9.17) is 16.3 Å². The maximum atomic E-state index is 12.0. The summed E-state index contributed by atoms with van der Waals surface area (Å²) in [4.78, 5) is 20.6. The Balaban J connectivity index is 1.83. The highest BCUT2D eigenvalue weighted by Crippen LogP contribution is 2.42. The van der Waals surface area contributed by atoms with Gasteiger partial charge in [0, 0.05) is 12.6 Å². The van der Waals surface area contributed by atoms with Gasteiger partial charge in [-0.1, -0.05) is 11.6 Å². The predicted molar refractivity (Wildman–Crippen MR) is 99.1 cm³/mol. The van der Waals surface area contributed by atoms with E-state index in [1.165, 1.54) is 6.20 Å². The SMILES string of the molecule is CC(C)(C)OC(=O)NC1=NC=CC(C#N)(c2cc(C3CC3)cc(Cl)n2)C1. The number of halogens is 1. The van der Waals surface area contributed by atoms with Crippen LogP contribution in [0.3, 0.4) is 0 Å². The smallest absolute Gasteiger partial charge is 0.413 e. The van der Waals surface area contributed by atoms with Crippen molar-refractivity contribution in [3.8, 4) is 6.07 Å². The molecule has 1 aliphatic heterocycles. The van der Waals surface area contributed by atoms with Gasteiger partial charge in [0.25, 0.3) is 0 Å². The molecule has 1 aromatic rings. The van der Waals surface area contributed by atoms with E-state index in [9.17, 15) is 10.1 Å². The molecule has 0 spiro atoms. The summed E-state index contributed by atoms with van der Waals surface area (Å²) in [6.07, 6.45) is 5.05. The Hall–Kier alpha value is -2.39. The van der Waals surface area contributed by atoms with Crippen LogP contribution in [0.4, 0.5) is 4.79 Å². The molecule has 2 heterocycles. The van der Waals surface area contributed by atoms with Crippen molar-refractivity contribution in [3.05, 3.63) is 40.8 Å². The van der Waals surface area contributed by atoms with Crippen LogP contribution in [0.1, 0.15) is 57.2 Å². The van der Waals surface area contributed by atoms with Crippen LogP contribution in [0, 0.1) is 11.3 Å². The van der Waals surface area contributed by atoms with Gasteiger partial charge in [0.05, 0.1) is 11.8 Å². The lowest BCUT2D eigenvalue weighted by Gasteiger charge is -2.27. The number of amidine groups is 1. The van der Waals surface area contributed by atoms with E-state index >= 15 is 0 Å². The van der Waals surface area contributed by atoms with Crippen LogP contribution in [-0.2, 0) is 10.2 Å². The minimum Gasteiger partial charge on any atom is -0.444 e. The maximum absolute atomic E-state index is 12.0. The van der Waals surface area contributed by atoms with Gasteiger partial charge in [0.1, 0.15) is 22.0 Å². The number of aromatic nitrogens is 1. The van der Waals surface area contributed by atoms with E-state index in [0.717, 1.165) is 18.4 Å². The molecule has 0 radical (unpaired) electrons. The molecule has 1 saturated carbocycles. The molecule has 136 valence electrons. The zero-order valence-electron chi connectivity index (χ0n) is 15.0. The molecule has 1 aromatic heterocycles. The topological polar surface area (TPSA) is 87.4 Å². The van der Waals surface area contributed by atoms with Crippen molar-refractivity contribution in [3.63, 3.8) is 0 Å². The summed E-state index contributed by atoms with van der Waals surface area (Å²) in [7, 11) is 0. The van der Waals surface area contributed by atoms with Gasteiger partial charge in [0.15, 0.2) is 0 Å². The van der Waals surface area contributed by atoms with Crippen LogP contribution < -0.4 is 5.32 Å². The molecule has 3 rings (SSSR count). The number of pyridine rings is 1. The molecule has 2 aliphatic rings. The third kappa shape index (κ3) is 4.23. The molecule has 1 aliphatic carbocycles. The van der Waals surface area contributed by atoms with E-state index < -0.39 is 17.1 Å². The quantitative estimate of drug-likeness (QED) is 0.787. The number of nitrogens with one attached hydrogen (secondary N) is 1. The molecule has 6 nitrogen and oxygen atoms in total. The molecule has 1 unspecified atom stereocenters. The molecule has 0 bridgehead atoms. The van der Waals surface area contributed by atoms with Crippen molar-refractivity contribution in [1.82, 2.24) is 10.3 Å². The summed E-state index contributed by atoms with van der Waals surface area (Å²) in [5.41, 5.74) is 0.0340. The second-order valence-electron chi connectivity index (χ2n) is 7.66. The molecule has 0 saturated heterocycles. The highest BCUT2D eigenvalue weighted by atomic mass is 35.5. The van der Waals surface area contributed by atoms with Crippen molar-refractivity contribution >= 4 is 23.5 Å². The third-order valence-corrected chi connectivity index (χ3v) is 4.40. The fraction of sp³-hybridized carbons (Fsp3) is 0.474. The Morgan fingerprint density at radius 3 is 2.77 bits per heavy atom. The number of nitriles is 1. The number of hydrogen-bond donors (Lipinski definition) is 1. The number of aliphatic imine (C=N–C) groups is 1. The van der Waals surface area contributed by atoms with Gasteiger partial charge in [-0.25, -0.2) is 14.8 Å². The number of nitrogens with zero attached hydrogens (tertiary/aromatic N) is 3. The monoisotopic (exact) mass is 372 g/mol. The first kappa shape index (κ1) is 18.4. The Kier molecular flexibility index (Phi) is 4.76. The lowest BCUT2D eigenvalue weighted by molar-refractivity contribution is 0.0561. The number of allylic oxidation sites excluding steroid dienone is 1. The molecular weight excluding hydrogens is 352 g/mol. The molecule has 26 heavy (non-hydrogen) atoms. The maximum Gasteiger partial charge on any atom is 0.413 e. The summed E-state index contributed by atoms with van der Waals surface area (Å²) in [6, 6.07) is 6.11. The average Bonchev–Trinajstić information content (AvgIpc) is 3.37. The van der Waals surface area contributed by atoms with Crippen LogP contribution in [0.25, 0.3) is 0 Å². The fourth-order valence-electron chi connectivity index (χ4n) is 2.83. The van der Waals surface area contributed by atoms with Crippen LogP contribution in [0.2, 0.25) is 5.15 Å². The third-order valence-electron chi connectivity index (χ3n) is 4.20. The van der Waals surface area contributed by atoms with Gasteiger partial charge < -0.3 is 4.74 Å². The minimum atomic E-state index is -1.03. The van der Waals surface area contributed by atoms with Crippen molar-refractivity contribution in [2.45, 2.75) is 57.0 Å². The molecule has 1 atom stereocenters. The lowest BCUT2D eigenvalue weighted by atomic mass is 9.80. The largest absolute Gasteiger partial charge is 0.444 e. The van der Waals surface area contributed by atoms with Crippen molar-refractivity contribution in [1.29, 1.82) is 5.26 Å². The highest BCUT2D eigenvalue weighted by Gasteiger charge is 2.37. The number of carbonyl (C=O) groups is 1. The summed E-state index contributed by atoms with van der Waals surface area (Å²) in [6.45, 7) is 5.35. The first-order valence-electron chi connectivity index (χ1n) is 8.54. The number of hydrogen-bond acceptors (Lipinski definition) is 5. The number of rotatable bonds is 2. The Labute approximate surface area is 157 Å². The lowest BCUT2D eigenvalue weighted by Crippen LogP contribution is -2.41. The van der Waals surface area contributed by atoms with Crippen molar-refractivity contribution in [2.75, 3.05) is 0 Å². The van der Waals surface area contributed by atoms with Gasteiger partial charge in [-0.15, -0.1) is 0 Å². The summed E-state index contributed by atoms with van der Waals surface area (Å²) >= 11 is 6.19. The van der Waals surface area contributed by atoms with E-state index in [0.29, 0.717) is 22.6 Å². The van der Waals surface area contributed by atoms with Crippen molar-refractivity contribution < 1.29 is 9.53 Å². The van der Waals surface area contributed by atoms with Crippen molar-refractivity contribution in [2.24, 2.45) is 4.99 Å². The second kappa shape index (κ2) is 6.73. The zero-order valence-corrected chi connectivity index (χ0v) is 15.8. The number of ether oxygens (including phenoxy) is 1. The number of alkyl carbamates (subject to hydrolysis) is 1. The summed E-state index contributed by atoms with van der Waals surface area (Å²) in [5.74, 6) is 0.851. The average molecular weight is 373 g/mol. The standard InChI is InChI=1S/C19H21ClN4O2/c1-18(2,3)26-17(25)24-16-10-19(11-21,6-7-22-16)14-8-13(12-4-5-12)9-15(20)23-14/h6-9,12H,4-5,10H2,1-3H3,(H,22,24,25). The Bertz CT molecular complexity index is 831. The Morgan fingerprint density at radius 1 is 1.42 bits per heavy atom. The van der Waals surface area contributed by atoms with Gasteiger partial charge in [-0.2, -0.15) is 5.26 Å². The normalized spacial score (nSPS) is 22.3. The summed E-state index contributed by atoms with van der Waals surface area (Å²) in [5, 5.41) is 12.9. The van der Waals surface area contributed by atoms with Gasteiger partial charge >= 0.3 is 6.09 Å². The van der Waals surface area contributed by atoms with E-state index in [1.54, 1.807) is 26.8 Å². The zero-order chi connectivity index (χ0) is 18.9. The predicted octanol–water partition coefficient (Wildman–Crippen LogP) is 4.21. The second-order valence-corrected chi connectivity index (χ2v) is 8.05. The van der Waals surface area contributed by atoms with E-state index in [2.05, 4.69) is 21.4 Å². The molecule has 7 heteroatoms. The first-order valence-corrected chi connectivity index (χ1v) is 8.92. The molecule has 1 fully saturated rings. The molecular formula is C19H21ClN4O2.